The third-order valence-electron chi connectivity index (χ3n) is 4.73. The molecule has 0 aromatic rings. The minimum Gasteiger partial charge on any atom is -0.323 e. The van der Waals surface area contributed by atoms with Gasteiger partial charge in [-0.15, -0.1) is 0 Å². The molecule has 0 saturated carbocycles. The van der Waals surface area contributed by atoms with Crippen LogP contribution >= 0.6 is 60.8 Å². The summed E-state index contributed by atoms with van der Waals surface area (Å²) in [6.07, 6.45) is 0. The average molecular weight is 799 g/mol. The van der Waals surface area contributed by atoms with E-state index < -0.39 is 114 Å². The molecule has 0 fully saturated rings. The third-order valence-corrected chi connectivity index (χ3v) is 19.0. The van der Waals surface area contributed by atoms with Gasteiger partial charge in [-0.25, -0.2) is 0 Å². The lowest BCUT2D eigenvalue weighted by molar-refractivity contribution is 0.161. The van der Waals surface area contributed by atoms with Crippen molar-refractivity contribution in [2.75, 3.05) is 26.2 Å². The number of hydrogen-bond donors (Lipinski definition) is 17. The van der Waals surface area contributed by atoms with E-state index in [9.17, 15) is 95.2 Å². The molecule has 35 heteroatoms. The lowest BCUT2D eigenvalue weighted by atomic mass is 10.4. The van der Waals surface area contributed by atoms with E-state index in [-0.39, 0.29) is 4.90 Å². The molecule has 0 spiro atoms. The second kappa shape index (κ2) is 14.7. The Morgan fingerprint density at radius 2 is 0.674 bits per heavy atom. The molecule has 0 rings (SSSR count). The standard InChI is InChI=1S/C8H29N3O24P8/c12-36(13,14)5(37(15,16)17)9-1-2-10(6(38(18,19)20)39(21,22)23)3-4-11(7(40(24,25)26)41(27,28)29)8(42(30,31)32)43(33,34)35/h5-9H,1-4H2,(H2,12,13,14)(H2,15,16,17)(H2,18,19,20)(H2,21,22,23)(H2,24,25,26)(H2,27,28,29)(H2,30,31,32)(H2,33,34,35). The molecule has 0 heterocycles. The molecule has 0 aliphatic carbocycles. The Labute approximate surface area is 239 Å². The maximum atomic E-state index is 12.0. The summed E-state index contributed by atoms with van der Waals surface area (Å²) in [6, 6.07) is 0. The second-order valence-electron chi connectivity index (χ2n) is 8.35. The number of nitrogens with one attached hydrogen (secondary N) is 1. The van der Waals surface area contributed by atoms with Crippen LogP contribution in [0.3, 0.4) is 0 Å². The first kappa shape index (κ1) is 44.1. The molecular weight excluding hydrogens is 770 g/mol. The van der Waals surface area contributed by atoms with Crippen LogP contribution in [0.15, 0.2) is 0 Å². The Morgan fingerprint density at radius 3 is 0.907 bits per heavy atom. The van der Waals surface area contributed by atoms with E-state index >= 15 is 0 Å². The Balaban J connectivity index is 7.14. The van der Waals surface area contributed by atoms with E-state index in [2.05, 4.69) is 0 Å². The van der Waals surface area contributed by atoms with Gasteiger partial charge in [-0.05, 0) is 0 Å². The largest absolute Gasteiger partial charge is 0.355 e. The van der Waals surface area contributed by atoms with Gasteiger partial charge in [-0.1, -0.05) is 0 Å². The zero-order chi connectivity index (χ0) is 35.0. The quantitative estimate of drug-likeness (QED) is 0.0584. The lowest BCUT2D eigenvalue weighted by Crippen LogP contribution is -2.49. The summed E-state index contributed by atoms with van der Waals surface area (Å²) in [7, 11) is -49.3. The monoisotopic (exact) mass is 799 g/mol. The van der Waals surface area contributed by atoms with E-state index in [1.807, 2.05) is 0 Å². The molecule has 27 nitrogen and oxygen atoms in total. The number of rotatable bonds is 18. The van der Waals surface area contributed by atoms with E-state index in [0.29, 0.717) is 0 Å². The minimum absolute atomic E-state index is 0.176. The molecule has 0 aromatic heterocycles. The van der Waals surface area contributed by atoms with Crippen LogP contribution in [0.2, 0.25) is 0 Å². The zero-order valence-corrected chi connectivity index (χ0v) is 27.7. The van der Waals surface area contributed by atoms with Crippen molar-refractivity contribution >= 4 is 60.8 Å². The average Bonchev–Trinajstić information content (AvgIpc) is 2.59. The molecule has 0 bridgehead atoms. The highest BCUT2D eigenvalue weighted by Gasteiger charge is 2.59. The van der Waals surface area contributed by atoms with E-state index in [4.69, 9.17) is 19.6 Å². The smallest absolute Gasteiger partial charge is 0.323 e. The normalized spacial score (nSPS) is 15.6. The first-order valence-corrected chi connectivity index (χ1v) is 23.5. The molecule has 17 N–H and O–H groups in total. The molecular formula is C8H29N3O24P8. The zero-order valence-electron chi connectivity index (χ0n) is 20.5. The van der Waals surface area contributed by atoms with Gasteiger partial charge in [0.05, 0.1) is 0 Å². The van der Waals surface area contributed by atoms with E-state index in [1.54, 1.807) is 0 Å². The van der Waals surface area contributed by atoms with Gasteiger partial charge in [0, 0.05) is 26.2 Å². The fourth-order valence-electron chi connectivity index (χ4n) is 3.49. The van der Waals surface area contributed by atoms with Gasteiger partial charge >= 0.3 is 60.8 Å². The van der Waals surface area contributed by atoms with Crippen LogP contribution in [0.4, 0.5) is 0 Å². The Morgan fingerprint density at radius 1 is 0.395 bits per heavy atom. The first-order chi connectivity index (χ1) is 18.4. The van der Waals surface area contributed by atoms with Crippen LogP contribution in [0.25, 0.3) is 0 Å². The van der Waals surface area contributed by atoms with Crippen molar-refractivity contribution in [2.24, 2.45) is 0 Å². The molecule has 0 unspecified atom stereocenters. The summed E-state index contributed by atoms with van der Waals surface area (Å²) in [5, 5.41) is 1.53. The van der Waals surface area contributed by atoms with Crippen molar-refractivity contribution in [3.05, 3.63) is 0 Å². The molecule has 0 amide bonds. The highest BCUT2D eigenvalue weighted by atomic mass is 31.3. The highest BCUT2D eigenvalue weighted by Crippen LogP contribution is 2.69. The molecule has 0 aliphatic heterocycles. The van der Waals surface area contributed by atoms with Crippen molar-refractivity contribution in [3.63, 3.8) is 0 Å². The Kier molecular flexibility index (Phi) is 15.1. The topological polar surface area (TPSA) is 479 Å². The van der Waals surface area contributed by atoms with Crippen LogP contribution in [0, 0.1) is 0 Å². The van der Waals surface area contributed by atoms with Crippen molar-refractivity contribution < 1.29 is 115 Å². The van der Waals surface area contributed by atoms with Crippen molar-refractivity contribution in [3.8, 4) is 0 Å². The lowest BCUT2D eigenvalue weighted by Gasteiger charge is -2.40. The van der Waals surface area contributed by atoms with Crippen LogP contribution in [0.1, 0.15) is 0 Å². The van der Waals surface area contributed by atoms with E-state index in [0.717, 1.165) is 0 Å². The number of hydrogen-bond acceptors (Lipinski definition) is 11. The fraction of sp³-hybridized carbons (Fsp3) is 1.00. The predicted octanol–water partition coefficient (Wildman–Crippen LogP) is -4.26. The van der Waals surface area contributed by atoms with Gasteiger partial charge in [0.15, 0.2) is 0 Å². The van der Waals surface area contributed by atoms with Gasteiger partial charge in [0.1, 0.15) is 0 Å². The van der Waals surface area contributed by atoms with Gasteiger partial charge in [0.25, 0.3) is 0 Å². The SMILES string of the molecule is O=P(O)(O)C(NCCN(CCN(C(P(=O)(O)O)P(=O)(O)O)C(P(=O)(O)O)P(=O)(O)O)C(P(=O)(O)O)P(=O)(O)O)P(=O)(O)O. The molecule has 0 saturated heterocycles. The van der Waals surface area contributed by atoms with Gasteiger partial charge < -0.3 is 78.3 Å². The summed E-state index contributed by atoms with van der Waals surface area (Å²) in [6.45, 7) is -6.23. The summed E-state index contributed by atoms with van der Waals surface area (Å²) >= 11 is 0. The van der Waals surface area contributed by atoms with E-state index in [1.165, 1.54) is 5.32 Å². The molecule has 0 aliphatic rings. The van der Waals surface area contributed by atoms with Gasteiger partial charge in [0.2, 0.25) is 22.1 Å². The minimum atomic E-state index is -6.40. The predicted molar refractivity (Wildman–Crippen MR) is 138 cm³/mol. The molecule has 260 valence electrons. The van der Waals surface area contributed by atoms with Gasteiger partial charge in [-0.2, -0.15) is 0 Å². The van der Waals surface area contributed by atoms with Crippen molar-refractivity contribution in [1.82, 2.24) is 15.1 Å². The van der Waals surface area contributed by atoms with Crippen LogP contribution in [-0.4, -0.2) is 136 Å². The summed E-state index contributed by atoms with van der Waals surface area (Å²) in [5.41, 5.74) is -14.0. The van der Waals surface area contributed by atoms with Gasteiger partial charge in [-0.3, -0.25) is 51.6 Å². The van der Waals surface area contributed by atoms with Crippen molar-refractivity contribution in [2.45, 2.75) is 22.1 Å². The Bertz CT molecular complexity index is 1220. The molecule has 0 aromatic carbocycles. The highest BCUT2D eigenvalue weighted by molar-refractivity contribution is 7.73. The van der Waals surface area contributed by atoms with Crippen LogP contribution in [-0.2, 0) is 36.5 Å². The maximum absolute atomic E-state index is 12.0. The Hall–Kier alpha value is 1.08. The van der Waals surface area contributed by atoms with Crippen LogP contribution < -0.4 is 5.32 Å². The summed E-state index contributed by atoms with van der Waals surface area (Å²) < 4.78 is 94.5. The maximum Gasteiger partial charge on any atom is 0.355 e. The molecule has 0 radical (unpaired) electrons. The molecule has 0 atom stereocenters. The molecule has 43 heavy (non-hydrogen) atoms. The second-order valence-corrected chi connectivity index (χ2v) is 23.4. The summed E-state index contributed by atoms with van der Waals surface area (Å²) in [4.78, 5) is 150. The first-order valence-electron chi connectivity index (χ1n) is 10.1. The number of nitrogens with zero attached hydrogens (tertiary/aromatic N) is 2. The summed E-state index contributed by atoms with van der Waals surface area (Å²) in [5.74, 6) is 0. The van der Waals surface area contributed by atoms with Crippen LogP contribution in [0.5, 0.6) is 0 Å². The fourth-order valence-corrected chi connectivity index (χ4v) is 14.8. The third kappa shape index (κ3) is 14.0. The van der Waals surface area contributed by atoms with Crippen molar-refractivity contribution in [1.29, 1.82) is 0 Å².